The molecule has 1 atom stereocenters. The van der Waals surface area contributed by atoms with E-state index in [0.717, 1.165) is 30.4 Å². The van der Waals surface area contributed by atoms with Crippen molar-refractivity contribution in [2.24, 2.45) is 11.8 Å². The van der Waals surface area contributed by atoms with E-state index in [1.807, 2.05) is 6.07 Å². The number of hydrogen-bond donors (Lipinski definition) is 1. The molecule has 0 aliphatic heterocycles. The summed E-state index contributed by atoms with van der Waals surface area (Å²) in [5, 5.41) is 3.69. The van der Waals surface area contributed by atoms with Crippen LogP contribution in [0.1, 0.15) is 51.7 Å². The van der Waals surface area contributed by atoms with Crippen LogP contribution in [0.25, 0.3) is 0 Å². The first kappa shape index (κ1) is 13.7. The van der Waals surface area contributed by atoms with Crippen LogP contribution < -0.4 is 5.32 Å². The van der Waals surface area contributed by atoms with E-state index in [2.05, 4.69) is 25.2 Å². The summed E-state index contributed by atoms with van der Waals surface area (Å²) < 4.78 is 5.36. The molecule has 102 valence electrons. The lowest BCUT2D eigenvalue weighted by molar-refractivity contribution is 0.273. The first-order valence-corrected chi connectivity index (χ1v) is 7.50. The fraction of sp³-hybridized carbons (Fsp3) is 0.750. The zero-order valence-electron chi connectivity index (χ0n) is 11.8. The standard InChI is InChI=1S/C16H27NO/c1-13-5-8-15(9-6-13)12-17-14(2)7-10-16-4-3-11-18-16/h3-4,11,13-15,17H,5-10,12H2,1-2H3. The molecular formula is C16H27NO. The first-order chi connectivity index (χ1) is 8.74. The highest BCUT2D eigenvalue weighted by atomic mass is 16.3. The van der Waals surface area contributed by atoms with Crippen molar-refractivity contribution in [1.82, 2.24) is 5.32 Å². The molecule has 1 heterocycles. The number of aryl methyl sites for hydroxylation is 1. The van der Waals surface area contributed by atoms with Crippen LogP contribution in [0.3, 0.4) is 0 Å². The van der Waals surface area contributed by atoms with Crippen LogP contribution in [0.4, 0.5) is 0 Å². The largest absolute Gasteiger partial charge is 0.469 e. The van der Waals surface area contributed by atoms with Crippen molar-refractivity contribution in [3.8, 4) is 0 Å². The SMILES string of the molecule is CC1CCC(CNC(C)CCc2ccco2)CC1. The monoisotopic (exact) mass is 249 g/mol. The zero-order chi connectivity index (χ0) is 12.8. The highest BCUT2D eigenvalue weighted by Crippen LogP contribution is 2.27. The van der Waals surface area contributed by atoms with Crippen molar-refractivity contribution in [3.05, 3.63) is 24.2 Å². The lowest BCUT2D eigenvalue weighted by atomic mass is 9.83. The molecule has 1 aromatic rings. The third-order valence-corrected chi connectivity index (χ3v) is 4.29. The average Bonchev–Trinajstić information content (AvgIpc) is 2.89. The molecule has 2 nitrogen and oxygen atoms in total. The summed E-state index contributed by atoms with van der Waals surface area (Å²) >= 11 is 0. The van der Waals surface area contributed by atoms with Gasteiger partial charge in [-0.2, -0.15) is 0 Å². The molecule has 0 amide bonds. The number of nitrogens with one attached hydrogen (secondary N) is 1. The minimum atomic E-state index is 0.592. The molecule has 1 aliphatic carbocycles. The third kappa shape index (κ3) is 4.49. The minimum Gasteiger partial charge on any atom is -0.469 e. The van der Waals surface area contributed by atoms with Crippen molar-refractivity contribution < 1.29 is 4.42 Å². The minimum absolute atomic E-state index is 0.592. The molecule has 1 unspecified atom stereocenters. The molecule has 18 heavy (non-hydrogen) atoms. The molecule has 0 bridgehead atoms. The van der Waals surface area contributed by atoms with Gasteiger partial charge in [-0.25, -0.2) is 0 Å². The van der Waals surface area contributed by atoms with E-state index in [0.29, 0.717) is 6.04 Å². The van der Waals surface area contributed by atoms with Crippen LogP contribution in [-0.2, 0) is 6.42 Å². The predicted octanol–water partition coefficient (Wildman–Crippen LogP) is 4.02. The number of furan rings is 1. The van der Waals surface area contributed by atoms with Crippen LogP contribution in [0.5, 0.6) is 0 Å². The van der Waals surface area contributed by atoms with E-state index < -0.39 is 0 Å². The van der Waals surface area contributed by atoms with Crippen LogP contribution in [-0.4, -0.2) is 12.6 Å². The number of hydrogen-bond acceptors (Lipinski definition) is 2. The lowest BCUT2D eigenvalue weighted by Crippen LogP contribution is -2.33. The van der Waals surface area contributed by atoms with Gasteiger partial charge in [-0.3, -0.25) is 0 Å². The average molecular weight is 249 g/mol. The quantitative estimate of drug-likeness (QED) is 0.824. The van der Waals surface area contributed by atoms with Crippen LogP contribution >= 0.6 is 0 Å². The molecule has 2 rings (SSSR count). The van der Waals surface area contributed by atoms with E-state index in [1.165, 1.54) is 32.2 Å². The van der Waals surface area contributed by atoms with Gasteiger partial charge in [0.2, 0.25) is 0 Å². The Morgan fingerprint density at radius 3 is 2.78 bits per heavy atom. The normalized spacial score (nSPS) is 26.1. The summed E-state index contributed by atoms with van der Waals surface area (Å²) in [4.78, 5) is 0. The highest BCUT2D eigenvalue weighted by molar-refractivity contribution is 4.98. The maximum absolute atomic E-state index is 5.36. The maximum Gasteiger partial charge on any atom is 0.103 e. The first-order valence-electron chi connectivity index (χ1n) is 7.50. The Kier molecular flexibility index (Phi) is 5.30. The van der Waals surface area contributed by atoms with Gasteiger partial charge < -0.3 is 9.73 Å². The van der Waals surface area contributed by atoms with Gasteiger partial charge in [0.1, 0.15) is 5.76 Å². The van der Waals surface area contributed by atoms with Crippen LogP contribution in [0.2, 0.25) is 0 Å². The summed E-state index contributed by atoms with van der Waals surface area (Å²) in [5.41, 5.74) is 0. The lowest BCUT2D eigenvalue weighted by Gasteiger charge is -2.27. The van der Waals surface area contributed by atoms with Crippen molar-refractivity contribution >= 4 is 0 Å². The molecule has 0 radical (unpaired) electrons. The molecule has 1 saturated carbocycles. The van der Waals surface area contributed by atoms with Gasteiger partial charge in [0.15, 0.2) is 0 Å². The van der Waals surface area contributed by atoms with Gasteiger partial charge in [0.05, 0.1) is 6.26 Å². The van der Waals surface area contributed by atoms with E-state index >= 15 is 0 Å². The summed E-state index contributed by atoms with van der Waals surface area (Å²) in [5.74, 6) is 2.97. The fourth-order valence-corrected chi connectivity index (χ4v) is 2.82. The van der Waals surface area contributed by atoms with Crippen molar-refractivity contribution in [2.75, 3.05) is 6.54 Å². The Hall–Kier alpha value is -0.760. The van der Waals surface area contributed by atoms with Crippen LogP contribution in [0, 0.1) is 11.8 Å². The van der Waals surface area contributed by atoms with E-state index in [4.69, 9.17) is 4.42 Å². The Balaban J connectivity index is 1.58. The Morgan fingerprint density at radius 2 is 2.11 bits per heavy atom. The number of rotatable bonds is 6. The summed E-state index contributed by atoms with van der Waals surface area (Å²) in [6.45, 7) is 5.87. The summed E-state index contributed by atoms with van der Waals surface area (Å²) in [6, 6.07) is 4.63. The van der Waals surface area contributed by atoms with Gasteiger partial charge in [-0.05, 0) is 56.7 Å². The molecule has 1 aromatic heterocycles. The smallest absolute Gasteiger partial charge is 0.103 e. The van der Waals surface area contributed by atoms with Gasteiger partial charge in [0.25, 0.3) is 0 Å². The maximum atomic E-state index is 5.36. The molecule has 2 heteroatoms. The molecule has 1 fully saturated rings. The predicted molar refractivity (Wildman–Crippen MR) is 75.6 cm³/mol. The molecule has 1 aliphatic rings. The van der Waals surface area contributed by atoms with E-state index in [-0.39, 0.29) is 0 Å². The van der Waals surface area contributed by atoms with Crippen molar-refractivity contribution in [2.45, 2.75) is 58.4 Å². The van der Waals surface area contributed by atoms with E-state index in [1.54, 1.807) is 6.26 Å². The summed E-state index contributed by atoms with van der Waals surface area (Å²) in [7, 11) is 0. The second-order valence-electron chi connectivity index (χ2n) is 6.05. The van der Waals surface area contributed by atoms with Gasteiger partial charge >= 0.3 is 0 Å². The Bertz CT molecular complexity index is 312. The third-order valence-electron chi connectivity index (χ3n) is 4.29. The van der Waals surface area contributed by atoms with Crippen molar-refractivity contribution in [3.63, 3.8) is 0 Å². The fourth-order valence-electron chi connectivity index (χ4n) is 2.82. The molecular weight excluding hydrogens is 222 g/mol. The molecule has 0 aromatic carbocycles. The molecule has 1 N–H and O–H groups in total. The topological polar surface area (TPSA) is 25.2 Å². The second-order valence-corrected chi connectivity index (χ2v) is 6.05. The Labute approximate surface area is 111 Å². The van der Waals surface area contributed by atoms with Gasteiger partial charge in [-0.15, -0.1) is 0 Å². The van der Waals surface area contributed by atoms with Gasteiger partial charge in [0, 0.05) is 12.5 Å². The summed E-state index contributed by atoms with van der Waals surface area (Å²) in [6.07, 6.45) is 9.65. The Morgan fingerprint density at radius 1 is 1.33 bits per heavy atom. The zero-order valence-corrected chi connectivity index (χ0v) is 11.8. The molecule has 0 spiro atoms. The highest BCUT2D eigenvalue weighted by Gasteiger charge is 2.18. The van der Waals surface area contributed by atoms with E-state index in [9.17, 15) is 0 Å². The van der Waals surface area contributed by atoms with Crippen molar-refractivity contribution in [1.29, 1.82) is 0 Å². The van der Waals surface area contributed by atoms with Gasteiger partial charge in [-0.1, -0.05) is 19.8 Å². The molecule has 0 saturated heterocycles. The van der Waals surface area contributed by atoms with Crippen LogP contribution in [0.15, 0.2) is 22.8 Å². The second kappa shape index (κ2) is 6.98.